The highest BCUT2D eigenvalue weighted by Gasteiger charge is 2.20. The van der Waals surface area contributed by atoms with Gasteiger partial charge in [0.25, 0.3) is 0 Å². The molecule has 1 unspecified atom stereocenters. The summed E-state index contributed by atoms with van der Waals surface area (Å²) in [7, 11) is 0. The normalized spacial score (nSPS) is 11.9. The van der Waals surface area contributed by atoms with Crippen LogP contribution in [0, 0.1) is 0 Å². The molecule has 110 valence electrons. The Morgan fingerprint density at radius 1 is 1.30 bits per heavy atom. The molecule has 0 spiro atoms. The zero-order chi connectivity index (χ0) is 15.0. The largest absolute Gasteiger partial charge is 0.481 e. The number of rotatable bonds is 8. The van der Waals surface area contributed by atoms with Gasteiger partial charge in [0.1, 0.15) is 0 Å². The fourth-order valence-corrected chi connectivity index (χ4v) is 2.88. The maximum Gasteiger partial charge on any atom is 0.305 e. The first kappa shape index (κ1) is 16.6. The molecule has 0 saturated carbocycles. The van der Waals surface area contributed by atoms with Crippen LogP contribution in [-0.2, 0) is 15.3 Å². The molecule has 0 fully saturated rings. The standard InChI is InChI=1S/C15H21NO3S/c1-3-16(12(2)9-15(18)19)14(17)11-20-10-13-7-5-4-6-8-13/h4-8,12H,3,9-11H2,1-2H3,(H,18,19). The third-order valence-electron chi connectivity index (χ3n) is 3.00. The lowest BCUT2D eigenvalue weighted by Gasteiger charge is -2.27. The van der Waals surface area contributed by atoms with Gasteiger partial charge in [0.15, 0.2) is 0 Å². The Morgan fingerprint density at radius 3 is 2.50 bits per heavy atom. The maximum atomic E-state index is 12.1. The van der Waals surface area contributed by atoms with Crippen LogP contribution in [-0.4, -0.2) is 40.2 Å². The van der Waals surface area contributed by atoms with Gasteiger partial charge in [0.05, 0.1) is 12.2 Å². The molecule has 1 N–H and O–H groups in total. The fraction of sp³-hybridized carbons (Fsp3) is 0.467. The highest BCUT2D eigenvalue weighted by Crippen LogP contribution is 2.14. The van der Waals surface area contributed by atoms with Gasteiger partial charge in [-0.2, -0.15) is 0 Å². The van der Waals surface area contributed by atoms with Crippen molar-refractivity contribution in [2.75, 3.05) is 12.3 Å². The molecule has 0 aliphatic carbocycles. The van der Waals surface area contributed by atoms with Crippen LogP contribution in [0.2, 0.25) is 0 Å². The number of carboxylic acid groups (broad SMARTS) is 1. The van der Waals surface area contributed by atoms with E-state index < -0.39 is 5.97 Å². The lowest BCUT2D eigenvalue weighted by molar-refractivity contribution is -0.139. The second-order valence-electron chi connectivity index (χ2n) is 4.61. The number of carboxylic acids is 1. The number of hydrogen-bond acceptors (Lipinski definition) is 3. The van der Waals surface area contributed by atoms with E-state index in [0.29, 0.717) is 12.3 Å². The Hall–Kier alpha value is -1.49. The van der Waals surface area contributed by atoms with Crippen LogP contribution in [0.5, 0.6) is 0 Å². The van der Waals surface area contributed by atoms with E-state index in [4.69, 9.17) is 5.11 Å². The number of hydrogen-bond donors (Lipinski definition) is 1. The van der Waals surface area contributed by atoms with Crippen molar-refractivity contribution in [3.05, 3.63) is 35.9 Å². The average Bonchev–Trinajstić information content (AvgIpc) is 2.40. The van der Waals surface area contributed by atoms with Crippen LogP contribution >= 0.6 is 11.8 Å². The number of nitrogens with zero attached hydrogens (tertiary/aromatic N) is 1. The van der Waals surface area contributed by atoms with Gasteiger partial charge in [-0.05, 0) is 19.4 Å². The number of amides is 1. The van der Waals surface area contributed by atoms with Crippen LogP contribution in [0.1, 0.15) is 25.8 Å². The molecular weight excluding hydrogens is 274 g/mol. The van der Waals surface area contributed by atoms with Gasteiger partial charge in [0, 0.05) is 18.3 Å². The molecule has 1 aromatic carbocycles. The van der Waals surface area contributed by atoms with Gasteiger partial charge in [-0.15, -0.1) is 11.8 Å². The minimum atomic E-state index is -0.874. The Bertz CT molecular complexity index is 436. The van der Waals surface area contributed by atoms with Crippen LogP contribution in [0.15, 0.2) is 30.3 Å². The topological polar surface area (TPSA) is 57.6 Å². The SMILES string of the molecule is CCN(C(=O)CSCc1ccccc1)C(C)CC(=O)O. The van der Waals surface area contributed by atoms with Gasteiger partial charge in [-0.25, -0.2) is 0 Å². The molecule has 5 heteroatoms. The van der Waals surface area contributed by atoms with E-state index >= 15 is 0 Å². The van der Waals surface area contributed by atoms with Crippen LogP contribution in [0.25, 0.3) is 0 Å². The van der Waals surface area contributed by atoms with Crippen LogP contribution in [0.3, 0.4) is 0 Å². The van der Waals surface area contributed by atoms with Crippen LogP contribution in [0.4, 0.5) is 0 Å². The highest BCUT2D eigenvalue weighted by molar-refractivity contribution is 7.99. The fourth-order valence-electron chi connectivity index (χ4n) is 2.01. The predicted octanol–water partition coefficient (Wildman–Crippen LogP) is 2.63. The summed E-state index contributed by atoms with van der Waals surface area (Å²) in [5.74, 6) is 0.298. The molecule has 0 aromatic heterocycles. The van der Waals surface area contributed by atoms with Crippen LogP contribution < -0.4 is 0 Å². The molecule has 0 aliphatic heterocycles. The molecule has 4 nitrogen and oxygen atoms in total. The Balaban J connectivity index is 2.41. The predicted molar refractivity (Wildman–Crippen MR) is 81.7 cm³/mol. The molecule has 0 radical (unpaired) electrons. The smallest absolute Gasteiger partial charge is 0.305 e. The van der Waals surface area contributed by atoms with E-state index in [1.165, 1.54) is 5.56 Å². The summed E-state index contributed by atoms with van der Waals surface area (Å²) >= 11 is 1.56. The van der Waals surface area contributed by atoms with Crippen molar-refractivity contribution in [3.8, 4) is 0 Å². The summed E-state index contributed by atoms with van der Waals surface area (Å²) in [5.41, 5.74) is 1.19. The molecule has 1 amide bonds. The van der Waals surface area contributed by atoms with E-state index in [2.05, 4.69) is 0 Å². The average molecular weight is 295 g/mol. The van der Waals surface area contributed by atoms with Gasteiger partial charge in [-0.1, -0.05) is 30.3 Å². The van der Waals surface area contributed by atoms with Crippen molar-refractivity contribution in [3.63, 3.8) is 0 Å². The number of carbonyl (C=O) groups excluding carboxylic acids is 1. The minimum absolute atomic E-state index is 0.00202. The second-order valence-corrected chi connectivity index (χ2v) is 5.59. The Morgan fingerprint density at radius 2 is 1.95 bits per heavy atom. The maximum absolute atomic E-state index is 12.1. The summed E-state index contributed by atoms with van der Waals surface area (Å²) in [6, 6.07) is 9.72. The third-order valence-corrected chi connectivity index (χ3v) is 3.99. The van der Waals surface area contributed by atoms with Gasteiger partial charge in [0.2, 0.25) is 5.91 Å². The van der Waals surface area contributed by atoms with Crippen molar-refractivity contribution < 1.29 is 14.7 Å². The molecule has 0 bridgehead atoms. The number of aliphatic carboxylic acids is 1. The highest BCUT2D eigenvalue weighted by atomic mass is 32.2. The van der Waals surface area contributed by atoms with Crippen molar-refractivity contribution in [2.24, 2.45) is 0 Å². The molecule has 0 aliphatic rings. The lowest BCUT2D eigenvalue weighted by atomic mass is 10.2. The van der Waals surface area contributed by atoms with E-state index in [1.54, 1.807) is 23.6 Å². The summed E-state index contributed by atoms with van der Waals surface area (Å²) in [6.07, 6.45) is -0.0110. The van der Waals surface area contributed by atoms with E-state index in [0.717, 1.165) is 5.75 Å². The molecular formula is C15H21NO3S. The summed E-state index contributed by atoms with van der Waals surface area (Å²) in [6.45, 7) is 4.19. The first-order valence-electron chi connectivity index (χ1n) is 6.67. The summed E-state index contributed by atoms with van der Waals surface area (Å²) in [5, 5.41) is 8.79. The molecule has 1 rings (SSSR count). The molecule has 20 heavy (non-hydrogen) atoms. The molecule has 1 aromatic rings. The zero-order valence-corrected chi connectivity index (χ0v) is 12.7. The molecule has 0 saturated heterocycles. The first-order chi connectivity index (χ1) is 9.54. The molecule has 0 heterocycles. The van der Waals surface area contributed by atoms with Crippen molar-refractivity contribution in [1.82, 2.24) is 4.90 Å². The Labute approximate surface area is 124 Å². The minimum Gasteiger partial charge on any atom is -0.481 e. The summed E-state index contributed by atoms with van der Waals surface area (Å²) in [4.78, 5) is 24.4. The van der Waals surface area contributed by atoms with Gasteiger partial charge in [-0.3, -0.25) is 9.59 Å². The second kappa shape index (κ2) is 8.64. The van der Waals surface area contributed by atoms with Gasteiger partial charge >= 0.3 is 5.97 Å². The van der Waals surface area contributed by atoms with Crippen molar-refractivity contribution >= 4 is 23.6 Å². The first-order valence-corrected chi connectivity index (χ1v) is 7.83. The van der Waals surface area contributed by atoms with Gasteiger partial charge < -0.3 is 10.0 Å². The van der Waals surface area contributed by atoms with E-state index in [9.17, 15) is 9.59 Å². The number of thioether (sulfide) groups is 1. The number of carbonyl (C=O) groups is 2. The number of benzene rings is 1. The zero-order valence-electron chi connectivity index (χ0n) is 11.9. The van der Waals surface area contributed by atoms with Crippen molar-refractivity contribution in [2.45, 2.75) is 32.1 Å². The quantitative estimate of drug-likeness (QED) is 0.801. The van der Waals surface area contributed by atoms with E-state index in [1.807, 2.05) is 37.3 Å². The third kappa shape index (κ3) is 5.65. The van der Waals surface area contributed by atoms with E-state index in [-0.39, 0.29) is 18.4 Å². The Kier molecular flexibility index (Phi) is 7.15. The van der Waals surface area contributed by atoms with Crippen molar-refractivity contribution in [1.29, 1.82) is 0 Å². The lowest BCUT2D eigenvalue weighted by Crippen LogP contribution is -2.40. The molecule has 1 atom stereocenters. The summed E-state index contributed by atoms with van der Waals surface area (Å²) < 4.78 is 0. The monoisotopic (exact) mass is 295 g/mol.